The predicted molar refractivity (Wildman–Crippen MR) is 146 cm³/mol. The number of aryl methyl sites for hydroxylation is 2. The van der Waals surface area contributed by atoms with Crippen molar-refractivity contribution < 1.29 is 0 Å². The molecule has 2 aliphatic heterocycles. The minimum Gasteiger partial charge on any atom is -0.357 e. The summed E-state index contributed by atoms with van der Waals surface area (Å²) in [6.07, 6.45) is 6.35. The van der Waals surface area contributed by atoms with E-state index in [1.54, 1.807) is 6.33 Å². The first-order valence-corrected chi connectivity index (χ1v) is 13.5. The highest BCUT2D eigenvalue weighted by atomic mass is 15.4. The fourth-order valence-electron chi connectivity index (χ4n) is 5.77. The number of benzene rings is 1. The quantitative estimate of drug-likeness (QED) is 0.378. The van der Waals surface area contributed by atoms with Crippen LogP contribution in [-0.4, -0.2) is 57.3 Å². The van der Waals surface area contributed by atoms with Crippen LogP contribution in [0.25, 0.3) is 16.6 Å². The molecule has 1 aromatic carbocycles. The van der Waals surface area contributed by atoms with Gasteiger partial charge >= 0.3 is 0 Å². The Labute approximate surface area is 213 Å². The molecule has 0 radical (unpaired) electrons. The van der Waals surface area contributed by atoms with Crippen LogP contribution in [0, 0.1) is 13.8 Å². The van der Waals surface area contributed by atoms with Crippen molar-refractivity contribution in [2.45, 2.75) is 59.4 Å². The van der Waals surface area contributed by atoms with E-state index < -0.39 is 0 Å². The topological polar surface area (TPSA) is 65.7 Å². The molecule has 3 aromatic heterocycles. The highest BCUT2D eigenvalue weighted by Crippen LogP contribution is 2.38. The van der Waals surface area contributed by atoms with Gasteiger partial charge < -0.3 is 14.7 Å². The number of fused-ring (bicyclic) bond motifs is 2. The van der Waals surface area contributed by atoms with Crippen molar-refractivity contribution in [2.75, 3.05) is 47.4 Å². The maximum absolute atomic E-state index is 5.20. The number of anilines is 3. The van der Waals surface area contributed by atoms with Gasteiger partial charge in [-0.25, -0.2) is 15.0 Å². The van der Waals surface area contributed by atoms with Gasteiger partial charge in [-0.15, -0.1) is 0 Å². The van der Waals surface area contributed by atoms with Crippen LogP contribution in [0.2, 0.25) is 0 Å². The van der Waals surface area contributed by atoms with Crippen molar-refractivity contribution in [3.05, 3.63) is 47.4 Å². The van der Waals surface area contributed by atoms with E-state index in [0.29, 0.717) is 0 Å². The highest BCUT2D eigenvalue weighted by molar-refractivity contribution is 5.94. The third-order valence-corrected chi connectivity index (χ3v) is 7.98. The maximum Gasteiger partial charge on any atom is 0.160 e. The molecule has 6 rings (SSSR count). The second-order valence-electron chi connectivity index (χ2n) is 10.1. The predicted octanol–water partition coefficient (Wildman–Crippen LogP) is 5.08. The van der Waals surface area contributed by atoms with E-state index in [2.05, 4.69) is 76.2 Å². The number of piperidine rings is 1. The molecule has 5 heterocycles. The lowest BCUT2D eigenvalue weighted by Crippen LogP contribution is -2.38. The van der Waals surface area contributed by atoms with Crippen LogP contribution < -0.4 is 14.7 Å². The Kier molecular flexibility index (Phi) is 5.90. The molecule has 4 aromatic rings. The van der Waals surface area contributed by atoms with Gasteiger partial charge in [0.2, 0.25) is 0 Å². The lowest BCUT2D eigenvalue weighted by Gasteiger charge is -2.36. The van der Waals surface area contributed by atoms with Crippen LogP contribution in [-0.2, 0) is 0 Å². The zero-order valence-electron chi connectivity index (χ0n) is 21.9. The van der Waals surface area contributed by atoms with E-state index in [1.165, 1.54) is 24.0 Å². The number of nitrogens with zero attached hydrogens (tertiary/aromatic N) is 8. The van der Waals surface area contributed by atoms with Crippen molar-refractivity contribution in [3.63, 3.8) is 0 Å². The van der Waals surface area contributed by atoms with Gasteiger partial charge in [0.05, 0.1) is 17.3 Å². The van der Waals surface area contributed by atoms with Crippen molar-refractivity contribution in [1.82, 2.24) is 24.6 Å². The molecule has 1 unspecified atom stereocenters. The second kappa shape index (κ2) is 9.22. The van der Waals surface area contributed by atoms with Crippen molar-refractivity contribution in [3.8, 4) is 0 Å². The Bertz CT molecular complexity index is 1400. The van der Waals surface area contributed by atoms with Crippen LogP contribution in [0.1, 0.15) is 62.4 Å². The van der Waals surface area contributed by atoms with Crippen LogP contribution in [0.4, 0.5) is 17.5 Å². The summed E-state index contributed by atoms with van der Waals surface area (Å²) in [7, 11) is 0. The summed E-state index contributed by atoms with van der Waals surface area (Å²) in [5, 5.41) is 6.36. The first-order chi connectivity index (χ1) is 17.6. The summed E-state index contributed by atoms with van der Waals surface area (Å²) in [4.78, 5) is 21.7. The highest BCUT2D eigenvalue weighted by Gasteiger charge is 2.30. The summed E-state index contributed by atoms with van der Waals surface area (Å²) >= 11 is 0. The summed E-state index contributed by atoms with van der Waals surface area (Å²) in [5.74, 6) is 3.22. The van der Waals surface area contributed by atoms with Crippen LogP contribution in [0.15, 0.2) is 30.6 Å². The lowest BCUT2D eigenvalue weighted by molar-refractivity contribution is 0.461. The molecule has 8 heteroatoms. The SMILES string of the molecule is CCN(CC)c1cc(N2CCC2)nc2cc(C3CCCCN3c3ncnc4c(C)ccc(C)c34)nn12. The van der Waals surface area contributed by atoms with Gasteiger partial charge in [0.1, 0.15) is 23.8 Å². The molecule has 0 aliphatic carbocycles. The maximum atomic E-state index is 5.20. The number of rotatable bonds is 6. The molecular formula is C28H36N8. The van der Waals surface area contributed by atoms with Crippen LogP contribution in [0.5, 0.6) is 0 Å². The molecule has 0 saturated carbocycles. The summed E-state index contributed by atoms with van der Waals surface area (Å²) in [6.45, 7) is 13.7. The fraction of sp³-hybridized carbons (Fsp3) is 0.500. The average Bonchev–Trinajstić information content (AvgIpc) is 3.30. The van der Waals surface area contributed by atoms with Gasteiger partial charge in [0.25, 0.3) is 0 Å². The zero-order valence-corrected chi connectivity index (χ0v) is 21.9. The minimum atomic E-state index is 0.162. The summed E-state index contributed by atoms with van der Waals surface area (Å²) in [6, 6.07) is 8.93. The summed E-state index contributed by atoms with van der Waals surface area (Å²) < 4.78 is 2.06. The first-order valence-electron chi connectivity index (χ1n) is 13.5. The van der Waals surface area contributed by atoms with E-state index in [0.717, 1.165) is 85.3 Å². The Balaban J connectivity index is 1.48. The van der Waals surface area contributed by atoms with Crippen molar-refractivity contribution in [1.29, 1.82) is 0 Å². The van der Waals surface area contributed by atoms with E-state index >= 15 is 0 Å². The number of hydrogen-bond acceptors (Lipinski definition) is 7. The largest absolute Gasteiger partial charge is 0.357 e. The van der Waals surface area contributed by atoms with Gasteiger partial charge in [-0.3, -0.25) is 0 Å². The van der Waals surface area contributed by atoms with E-state index in [4.69, 9.17) is 15.1 Å². The van der Waals surface area contributed by atoms with E-state index in [1.807, 2.05) is 0 Å². The van der Waals surface area contributed by atoms with E-state index in [-0.39, 0.29) is 6.04 Å². The Morgan fingerprint density at radius 3 is 2.50 bits per heavy atom. The molecule has 0 N–H and O–H groups in total. The third-order valence-electron chi connectivity index (χ3n) is 7.98. The fourth-order valence-corrected chi connectivity index (χ4v) is 5.77. The molecule has 0 amide bonds. The molecule has 8 nitrogen and oxygen atoms in total. The monoisotopic (exact) mass is 484 g/mol. The van der Waals surface area contributed by atoms with Gasteiger partial charge in [-0.2, -0.15) is 9.61 Å². The molecule has 36 heavy (non-hydrogen) atoms. The normalized spacial score (nSPS) is 18.2. The molecule has 2 saturated heterocycles. The molecule has 2 aliphatic rings. The zero-order chi connectivity index (χ0) is 24.8. The molecule has 0 bridgehead atoms. The van der Waals surface area contributed by atoms with Crippen LogP contribution >= 0.6 is 0 Å². The average molecular weight is 485 g/mol. The van der Waals surface area contributed by atoms with Crippen LogP contribution in [0.3, 0.4) is 0 Å². The minimum absolute atomic E-state index is 0.162. The Hall–Kier alpha value is -3.42. The molecular weight excluding hydrogens is 448 g/mol. The molecule has 1 atom stereocenters. The van der Waals surface area contributed by atoms with Crippen molar-refractivity contribution >= 4 is 34.0 Å². The third kappa shape index (κ3) is 3.74. The smallest absolute Gasteiger partial charge is 0.160 e. The summed E-state index contributed by atoms with van der Waals surface area (Å²) in [5.41, 5.74) is 5.46. The van der Waals surface area contributed by atoms with Gasteiger partial charge in [-0.05, 0) is 64.5 Å². The van der Waals surface area contributed by atoms with Gasteiger partial charge in [0.15, 0.2) is 5.65 Å². The Morgan fingerprint density at radius 1 is 0.944 bits per heavy atom. The van der Waals surface area contributed by atoms with Gasteiger partial charge in [-0.1, -0.05) is 12.1 Å². The molecule has 0 spiro atoms. The Morgan fingerprint density at radius 2 is 1.75 bits per heavy atom. The standard InChI is InChI=1S/C28H36N8/c1-5-33(6-2)25-17-23(34-13-9-14-34)31-24-16-21(32-36(24)25)22-10-7-8-15-35(22)28-26-19(3)11-12-20(4)27(26)29-18-30-28/h11-12,16-18,22H,5-10,13-15H2,1-4H3. The molecule has 188 valence electrons. The second-order valence-corrected chi connectivity index (χ2v) is 10.1. The molecule has 2 fully saturated rings. The van der Waals surface area contributed by atoms with E-state index in [9.17, 15) is 0 Å². The van der Waals surface area contributed by atoms with Crippen molar-refractivity contribution in [2.24, 2.45) is 0 Å². The first kappa shape index (κ1) is 23.0. The number of hydrogen-bond donors (Lipinski definition) is 0. The van der Waals surface area contributed by atoms with Gasteiger partial charge in [0, 0.05) is 50.2 Å². The number of aromatic nitrogens is 5. The lowest BCUT2D eigenvalue weighted by atomic mass is 9.97.